The van der Waals surface area contributed by atoms with Crippen LogP contribution in [-0.2, 0) is 16.1 Å². The Hall–Kier alpha value is -2.37. The van der Waals surface area contributed by atoms with Crippen molar-refractivity contribution in [3.8, 4) is 0 Å². The monoisotopic (exact) mass is 385 g/mol. The number of rotatable bonds is 3. The Balaban J connectivity index is 0.00000109. The summed E-state index contributed by atoms with van der Waals surface area (Å²) >= 11 is 0. The maximum absolute atomic E-state index is 12.7. The van der Waals surface area contributed by atoms with Gasteiger partial charge in [0.05, 0.1) is 0 Å². The van der Waals surface area contributed by atoms with E-state index in [4.69, 9.17) is 0 Å². The number of benzene rings is 1. The quantitative estimate of drug-likeness (QED) is 0.812. The van der Waals surface area contributed by atoms with Crippen molar-refractivity contribution < 1.29 is 14.4 Å². The Morgan fingerprint density at radius 1 is 1.07 bits per heavy atom. The zero-order valence-electron chi connectivity index (χ0n) is 17.2. The van der Waals surface area contributed by atoms with E-state index in [0.717, 1.165) is 30.3 Å². The van der Waals surface area contributed by atoms with Crippen molar-refractivity contribution in [2.75, 3.05) is 18.0 Å². The number of hydrogen-bond acceptors (Lipinski definition) is 4. The van der Waals surface area contributed by atoms with Crippen LogP contribution in [0.5, 0.6) is 0 Å². The van der Waals surface area contributed by atoms with Crippen LogP contribution in [0.4, 0.5) is 5.69 Å². The summed E-state index contributed by atoms with van der Waals surface area (Å²) in [5, 5.41) is 2.35. The van der Waals surface area contributed by atoms with Crippen LogP contribution in [0.15, 0.2) is 18.2 Å². The second kappa shape index (κ2) is 8.76. The molecule has 2 saturated heterocycles. The van der Waals surface area contributed by atoms with Gasteiger partial charge in [-0.3, -0.25) is 19.7 Å². The first-order valence-electron chi connectivity index (χ1n) is 10.6. The van der Waals surface area contributed by atoms with Gasteiger partial charge in [0.15, 0.2) is 0 Å². The van der Waals surface area contributed by atoms with Crippen LogP contribution >= 0.6 is 0 Å². The third-order valence-corrected chi connectivity index (χ3v) is 6.06. The molecule has 0 aromatic heterocycles. The van der Waals surface area contributed by atoms with Crippen molar-refractivity contribution in [2.45, 2.75) is 65.5 Å². The lowest BCUT2D eigenvalue weighted by Crippen LogP contribution is -2.52. The lowest BCUT2D eigenvalue weighted by Gasteiger charge is -2.33. The number of anilines is 1. The highest BCUT2D eigenvalue weighted by Crippen LogP contribution is 2.32. The van der Waals surface area contributed by atoms with Gasteiger partial charge in [0.25, 0.3) is 5.91 Å². The van der Waals surface area contributed by atoms with Gasteiger partial charge in [-0.1, -0.05) is 27.2 Å². The van der Waals surface area contributed by atoms with E-state index < -0.39 is 6.04 Å². The van der Waals surface area contributed by atoms with Gasteiger partial charge in [-0.2, -0.15) is 0 Å². The van der Waals surface area contributed by atoms with E-state index in [9.17, 15) is 14.4 Å². The van der Waals surface area contributed by atoms with Crippen molar-refractivity contribution in [3.63, 3.8) is 0 Å². The van der Waals surface area contributed by atoms with Crippen LogP contribution in [0.2, 0.25) is 0 Å². The van der Waals surface area contributed by atoms with Crippen LogP contribution in [0, 0.1) is 5.92 Å². The molecule has 0 spiro atoms. The van der Waals surface area contributed by atoms with Gasteiger partial charge < -0.3 is 9.80 Å². The molecule has 1 aromatic rings. The van der Waals surface area contributed by atoms with Crippen molar-refractivity contribution in [2.24, 2.45) is 5.92 Å². The average molecular weight is 386 g/mol. The summed E-state index contributed by atoms with van der Waals surface area (Å²) in [6, 6.07) is 5.48. The number of amides is 3. The SMILES string of the molecule is CC.CCC1CCN(c2ccc3c(c2)CN(C2CCC(=O)NC2=O)C3=O)CC1. The van der Waals surface area contributed by atoms with Gasteiger partial charge in [-0.15, -0.1) is 0 Å². The smallest absolute Gasteiger partial charge is 0.255 e. The van der Waals surface area contributed by atoms with Gasteiger partial charge >= 0.3 is 0 Å². The predicted octanol–water partition coefficient (Wildman–Crippen LogP) is 3.10. The molecule has 6 heteroatoms. The van der Waals surface area contributed by atoms with E-state index >= 15 is 0 Å². The highest BCUT2D eigenvalue weighted by atomic mass is 16.2. The van der Waals surface area contributed by atoms with Gasteiger partial charge in [0, 0.05) is 37.3 Å². The molecule has 0 bridgehead atoms. The molecule has 2 fully saturated rings. The number of imide groups is 1. The van der Waals surface area contributed by atoms with Crippen LogP contribution in [-0.4, -0.2) is 41.8 Å². The summed E-state index contributed by atoms with van der Waals surface area (Å²) in [7, 11) is 0. The van der Waals surface area contributed by atoms with Crippen LogP contribution in [0.1, 0.15) is 68.8 Å². The first-order valence-corrected chi connectivity index (χ1v) is 10.6. The third kappa shape index (κ3) is 3.91. The fraction of sp³-hybridized carbons (Fsp3) is 0.591. The number of piperidine rings is 2. The fourth-order valence-electron chi connectivity index (χ4n) is 4.36. The molecular formula is C22H31N3O3. The maximum Gasteiger partial charge on any atom is 0.255 e. The van der Waals surface area contributed by atoms with E-state index in [1.165, 1.54) is 19.3 Å². The molecule has 0 saturated carbocycles. The molecule has 4 rings (SSSR count). The number of nitrogens with zero attached hydrogens (tertiary/aromatic N) is 2. The molecular weight excluding hydrogens is 354 g/mol. The zero-order valence-corrected chi connectivity index (χ0v) is 17.2. The standard InChI is InChI=1S/C20H25N3O3.C2H6/c1-2-13-7-9-22(10-8-13)15-3-4-16-14(11-15)12-23(20(16)26)17-5-6-18(24)21-19(17)25;1-2/h3-4,11,13,17H,2,5-10,12H2,1H3,(H,21,24,25);1-2H3. The molecule has 152 valence electrons. The topological polar surface area (TPSA) is 69.7 Å². The maximum atomic E-state index is 12.7. The minimum absolute atomic E-state index is 0.106. The van der Waals surface area contributed by atoms with Crippen molar-refractivity contribution in [1.29, 1.82) is 0 Å². The van der Waals surface area contributed by atoms with Crippen molar-refractivity contribution in [3.05, 3.63) is 29.3 Å². The summed E-state index contributed by atoms with van der Waals surface area (Å²) in [5.74, 6) is 0.105. The average Bonchev–Trinajstić information content (AvgIpc) is 3.05. The van der Waals surface area contributed by atoms with E-state index in [1.54, 1.807) is 4.90 Å². The van der Waals surface area contributed by atoms with Crippen molar-refractivity contribution in [1.82, 2.24) is 10.2 Å². The summed E-state index contributed by atoms with van der Waals surface area (Å²) in [5.41, 5.74) is 2.83. The highest BCUT2D eigenvalue weighted by molar-refractivity contribution is 6.05. The first-order chi connectivity index (χ1) is 13.6. The molecule has 3 heterocycles. The van der Waals surface area contributed by atoms with E-state index in [0.29, 0.717) is 18.5 Å². The van der Waals surface area contributed by atoms with Gasteiger partial charge in [0.2, 0.25) is 11.8 Å². The molecule has 1 atom stereocenters. The Labute approximate surface area is 167 Å². The Kier molecular flexibility index (Phi) is 6.37. The number of carbonyl (C=O) groups excluding carboxylic acids is 3. The molecule has 3 aliphatic heterocycles. The first kappa shape index (κ1) is 20.4. The highest BCUT2D eigenvalue weighted by Gasteiger charge is 2.39. The third-order valence-electron chi connectivity index (χ3n) is 6.06. The lowest BCUT2D eigenvalue weighted by molar-refractivity contribution is -0.136. The molecule has 0 aliphatic carbocycles. The van der Waals surface area contributed by atoms with Crippen LogP contribution < -0.4 is 10.2 Å². The van der Waals surface area contributed by atoms with Gasteiger partial charge in [0.1, 0.15) is 6.04 Å². The summed E-state index contributed by atoms with van der Waals surface area (Å²) < 4.78 is 0. The second-order valence-corrected chi connectivity index (χ2v) is 7.58. The minimum atomic E-state index is -0.545. The number of fused-ring (bicyclic) bond motifs is 1. The fourth-order valence-corrected chi connectivity index (χ4v) is 4.36. The second-order valence-electron chi connectivity index (χ2n) is 7.58. The molecule has 3 aliphatic rings. The predicted molar refractivity (Wildman–Crippen MR) is 109 cm³/mol. The van der Waals surface area contributed by atoms with E-state index in [2.05, 4.69) is 23.2 Å². The molecule has 0 radical (unpaired) electrons. The van der Waals surface area contributed by atoms with E-state index in [-0.39, 0.29) is 24.1 Å². The van der Waals surface area contributed by atoms with E-state index in [1.807, 2.05) is 26.0 Å². The normalized spacial score (nSPS) is 22.5. The largest absolute Gasteiger partial charge is 0.372 e. The summed E-state index contributed by atoms with van der Waals surface area (Å²) in [6.07, 6.45) is 4.37. The molecule has 28 heavy (non-hydrogen) atoms. The van der Waals surface area contributed by atoms with Gasteiger partial charge in [-0.25, -0.2) is 0 Å². The molecule has 6 nitrogen and oxygen atoms in total. The Morgan fingerprint density at radius 3 is 2.43 bits per heavy atom. The molecule has 1 unspecified atom stereocenters. The summed E-state index contributed by atoms with van der Waals surface area (Å²) in [4.78, 5) is 40.2. The number of hydrogen-bond donors (Lipinski definition) is 1. The van der Waals surface area contributed by atoms with Crippen molar-refractivity contribution >= 4 is 23.4 Å². The van der Waals surface area contributed by atoms with Crippen LogP contribution in [0.25, 0.3) is 0 Å². The molecule has 1 N–H and O–H groups in total. The minimum Gasteiger partial charge on any atom is -0.372 e. The van der Waals surface area contributed by atoms with Gasteiger partial charge in [-0.05, 0) is 48.9 Å². The molecule has 3 amide bonds. The zero-order chi connectivity index (χ0) is 20.3. The number of nitrogens with one attached hydrogen (secondary N) is 1. The number of carbonyl (C=O) groups is 3. The van der Waals surface area contributed by atoms with Crippen LogP contribution in [0.3, 0.4) is 0 Å². The molecule has 1 aromatic carbocycles. The summed E-state index contributed by atoms with van der Waals surface area (Å²) in [6.45, 7) is 8.81. The Morgan fingerprint density at radius 2 is 1.79 bits per heavy atom. The Bertz CT molecular complexity index is 753. The lowest BCUT2D eigenvalue weighted by atomic mass is 9.94.